The lowest BCUT2D eigenvalue weighted by Gasteiger charge is -2.30. The highest BCUT2D eigenvalue weighted by molar-refractivity contribution is 6.14. The number of rotatable bonds is 2. The van der Waals surface area contributed by atoms with Crippen LogP contribution in [0, 0.1) is 17.7 Å². The van der Waals surface area contributed by atoms with Crippen molar-refractivity contribution in [3.8, 4) is 0 Å². The van der Waals surface area contributed by atoms with Gasteiger partial charge in [-0.1, -0.05) is 18.2 Å². The van der Waals surface area contributed by atoms with Gasteiger partial charge in [0.2, 0.25) is 6.17 Å². The Morgan fingerprint density at radius 2 is 1.73 bits per heavy atom. The van der Waals surface area contributed by atoms with Crippen LogP contribution in [-0.4, -0.2) is 49.0 Å². The molecule has 4 aliphatic rings. The Bertz CT molecular complexity index is 1100. The van der Waals surface area contributed by atoms with Gasteiger partial charge in [-0.3, -0.25) is 9.69 Å². The average Bonchev–Trinajstić information content (AvgIpc) is 3.18. The molecule has 3 fully saturated rings. The molecule has 0 aromatic heterocycles. The third-order valence-corrected chi connectivity index (χ3v) is 7.09. The first-order chi connectivity index (χ1) is 15.9. The predicted octanol–water partition coefficient (Wildman–Crippen LogP) is 3.58. The monoisotopic (exact) mass is 449 g/mol. The second kappa shape index (κ2) is 8.50. The summed E-state index contributed by atoms with van der Waals surface area (Å²) in [5.74, 6) is 0.936. The number of hydrogen-bond donors (Lipinski definition) is 1. The van der Waals surface area contributed by atoms with E-state index in [1.54, 1.807) is 13.1 Å². The normalized spacial score (nSPS) is 24.6. The van der Waals surface area contributed by atoms with E-state index < -0.39 is 23.9 Å². The Balaban J connectivity index is 1.65. The van der Waals surface area contributed by atoms with Crippen LogP contribution >= 0.6 is 0 Å². The van der Waals surface area contributed by atoms with E-state index >= 15 is 0 Å². The number of benzene rings is 2. The third-order valence-electron chi connectivity index (χ3n) is 7.09. The van der Waals surface area contributed by atoms with E-state index in [-0.39, 0.29) is 5.69 Å². The number of hydrogen-bond acceptors (Lipinski definition) is 4. The van der Waals surface area contributed by atoms with Gasteiger partial charge in [-0.05, 0) is 67.9 Å². The van der Waals surface area contributed by atoms with Crippen molar-refractivity contribution >= 4 is 29.1 Å². The summed E-state index contributed by atoms with van der Waals surface area (Å²) in [7, 11) is 1.67. The second-order valence-electron chi connectivity index (χ2n) is 9.22. The van der Waals surface area contributed by atoms with Crippen molar-refractivity contribution < 1.29 is 14.0 Å². The lowest BCUT2D eigenvalue weighted by molar-refractivity contribution is -0.119. The van der Waals surface area contributed by atoms with Gasteiger partial charge < -0.3 is 15.5 Å². The van der Waals surface area contributed by atoms with Gasteiger partial charge in [0, 0.05) is 25.7 Å². The van der Waals surface area contributed by atoms with Crippen molar-refractivity contribution in [2.45, 2.75) is 31.8 Å². The van der Waals surface area contributed by atoms with Crippen molar-refractivity contribution in [2.24, 2.45) is 22.6 Å². The first-order valence-corrected chi connectivity index (χ1v) is 11.5. The maximum atomic E-state index is 14.0. The summed E-state index contributed by atoms with van der Waals surface area (Å²) < 4.78 is 14.0. The Morgan fingerprint density at radius 1 is 1.06 bits per heavy atom. The number of carbonyl (C=O) groups is 2. The molecule has 8 heteroatoms. The predicted molar refractivity (Wildman–Crippen MR) is 126 cm³/mol. The molecule has 6 rings (SSSR count). The Hall–Kier alpha value is -3.42. The molecule has 3 heterocycles. The first kappa shape index (κ1) is 21.4. The van der Waals surface area contributed by atoms with Crippen LogP contribution in [0.1, 0.15) is 31.2 Å². The van der Waals surface area contributed by atoms with Crippen molar-refractivity contribution in [3.05, 3.63) is 59.9 Å². The van der Waals surface area contributed by atoms with Gasteiger partial charge in [0.05, 0.1) is 11.4 Å². The van der Waals surface area contributed by atoms with Gasteiger partial charge in [0.1, 0.15) is 11.7 Å². The highest BCUT2D eigenvalue weighted by atomic mass is 19.1. The first-order valence-electron chi connectivity index (χ1n) is 11.5. The van der Waals surface area contributed by atoms with Crippen LogP contribution < -0.4 is 15.5 Å². The zero-order valence-corrected chi connectivity index (χ0v) is 18.7. The van der Waals surface area contributed by atoms with Gasteiger partial charge in [0.25, 0.3) is 5.91 Å². The smallest absolute Gasteiger partial charge is 0.321 e. The Kier molecular flexibility index (Phi) is 5.52. The topological polar surface area (TPSA) is 82.2 Å². The van der Waals surface area contributed by atoms with Crippen LogP contribution in [0.5, 0.6) is 0 Å². The number of nitrogens with zero attached hydrogens (tertiary/aromatic N) is 4. The fourth-order valence-electron chi connectivity index (χ4n) is 5.39. The largest absolute Gasteiger partial charge is 0.356 e. The maximum Gasteiger partial charge on any atom is 0.321 e. The quantitative estimate of drug-likeness (QED) is 0.761. The molecule has 3 amide bonds. The lowest BCUT2D eigenvalue weighted by Crippen LogP contribution is -2.51. The van der Waals surface area contributed by atoms with Gasteiger partial charge in [-0.25, -0.2) is 14.2 Å². The molecule has 3 aliphatic heterocycles. The van der Waals surface area contributed by atoms with Crippen LogP contribution in [0.15, 0.2) is 53.5 Å². The summed E-state index contributed by atoms with van der Waals surface area (Å²) in [5.41, 5.74) is 7.50. The lowest BCUT2D eigenvalue weighted by atomic mass is 9.84. The van der Waals surface area contributed by atoms with E-state index in [1.807, 2.05) is 24.3 Å². The van der Waals surface area contributed by atoms with Crippen molar-refractivity contribution in [1.29, 1.82) is 0 Å². The summed E-state index contributed by atoms with van der Waals surface area (Å²) in [5, 5.41) is 0. The highest BCUT2D eigenvalue weighted by Gasteiger charge is 2.39. The van der Waals surface area contributed by atoms with E-state index in [2.05, 4.69) is 4.90 Å². The zero-order valence-electron chi connectivity index (χ0n) is 18.7. The van der Waals surface area contributed by atoms with Crippen LogP contribution in [0.25, 0.3) is 0 Å². The Labute approximate surface area is 192 Å². The molecule has 33 heavy (non-hydrogen) atoms. The number of fused-ring (bicyclic) bond motifs is 5. The SMILES string of the molecule is CN1C(=O)C(N(C(N)=O)c2cccc(F)c2)N=C(N2CC3CCC(CC3)C2)c2ccccc21. The molecular weight excluding hydrogens is 421 g/mol. The molecule has 1 unspecified atom stereocenters. The molecular formula is C25H28FN5O2. The number of halogens is 1. The minimum Gasteiger partial charge on any atom is -0.356 e. The number of likely N-dealkylation sites (N-methyl/N-ethyl adjacent to an activating group) is 1. The highest BCUT2D eigenvalue weighted by Crippen LogP contribution is 2.36. The molecule has 0 spiro atoms. The van der Waals surface area contributed by atoms with Gasteiger partial charge >= 0.3 is 6.03 Å². The van der Waals surface area contributed by atoms with Crippen LogP contribution in [0.4, 0.5) is 20.6 Å². The van der Waals surface area contributed by atoms with Crippen LogP contribution in [0.2, 0.25) is 0 Å². The van der Waals surface area contributed by atoms with E-state index in [1.165, 1.54) is 48.8 Å². The molecule has 1 aliphatic carbocycles. The molecule has 1 saturated carbocycles. The molecule has 2 aromatic carbocycles. The molecule has 1 atom stereocenters. The molecule has 7 nitrogen and oxygen atoms in total. The number of nitrogens with two attached hydrogens (primary N) is 1. The third kappa shape index (κ3) is 3.94. The minimum atomic E-state index is -1.24. The fourth-order valence-corrected chi connectivity index (χ4v) is 5.39. The van der Waals surface area contributed by atoms with Crippen LogP contribution in [0.3, 0.4) is 0 Å². The molecule has 2 N–H and O–H groups in total. The fraction of sp³-hybridized carbons (Fsp3) is 0.400. The number of para-hydroxylation sites is 1. The van der Waals surface area contributed by atoms with Gasteiger partial charge in [0.15, 0.2) is 0 Å². The number of aliphatic imine (C=N–C) groups is 1. The Morgan fingerprint density at radius 3 is 2.36 bits per heavy atom. The summed E-state index contributed by atoms with van der Waals surface area (Å²) in [6.45, 7) is 1.73. The number of primary amides is 1. The van der Waals surface area contributed by atoms with Gasteiger partial charge in [-0.2, -0.15) is 0 Å². The molecule has 2 aromatic rings. The number of carbonyl (C=O) groups excluding carboxylic acids is 2. The average molecular weight is 450 g/mol. The number of benzodiazepines with no additional fused rings is 1. The van der Waals surface area contributed by atoms with E-state index in [9.17, 15) is 14.0 Å². The van der Waals surface area contributed by atoms with E-state index in [4.69, 9.17) is 10.7 Å². The minimum absolute atomic E-state index is 0.194. The number of amidine groups is 1. The number of urea groups is 1. The zero-order chi connectivity index (χ0) is 23.1. The van der Waals surface area contributed by atoms with Crippen molar-refractivity contribution in [3.63, 3.8) is 0 Å². The van der Waals surface area contributed by atoms with E-state index in [0.717, 1.165) is 29.2 Å². The maximum absolute atomic E-state index is 14.0. The molecule has 0 radical (unpaired) electrons. The summed E-state index contributed by atoms with van der Waals surface area (Å²) in [6, 6.07) is 12.3. The summed E-state index contributed by atoms with van der Waals surface area (Å²) in [4.78, 5) is 35.9. The van der Waals surface area contributed by atoms with Crippen LogP contribution in [-0.2, 0) is 4.79 Å². The van der Waals surface area contributed by atoms with Crippen molar-refractivity contribution in [2.75, 3.05) is 29.9 Å². The van der Waals surface area contributed by atoms with Crippen molar-refractivity contribution in [1.82, 2.24) is 4.90 Å². The molecule has 2 saturated heterocycles. The molecule has 2 bridgehead atoms. The van der Waals surface area contributed by atoms with Gasteiger partial charge in [-0.15, -0.1) is 0 Å². The number of anilines is 2. The number of amides is 3. The standard InChI is InChI=1S/C25H28FN5O2/c1-29-21-8-3-2-7-20(21)22(30-14-16-9-10-17(15-30)12-11-16)28-23(24(29)32)31(25(27)33)19-6-4-5-18(26)13-19/h2-8,13,16-17,23H,9-12,14-15H2,1H3,(H2,27,33). The second-order valence-corrected chi connectivity index (χ2v) is 9.22. The summed E-state index contributed by atoms with van der Waals surface area (Å²) in [6.07, 6.45) is 3.58. The summed E-state index contributed by atoms with van der Waals surface area (Å²) >= 11 is 0. The molecule has 172 valence electrons. The van der Waals surface area contributed by atoms with E-state index in [0.29, 0.717) is 17.7 Å².